The van der Waals surface area contributed by atoms with Gasteiger partial charge in [0.2, 0.25) is 6.41 Å². The molecule has 0 fully saturated rings. The predicted molar refractivity (Wildman–Crippen MR) is 50.0 cm³/mol. The zero-order valence-electron chi connectivity index (χ0n) is 7.72. The molecule has 68 valence electrons. The minimum Gasteiger partial charge on any atom is -0.348 e. The van der Waals surface area contributed by atoms with Crippen LogP contribution in [0.4, 0.5) is 0 Å². The lowest BCUT2D eigenvalue weighted by Gasteiger charge is -2.23. The summed E-state index contributed by atoms with van der Waals surface area (Å²) in [4.78, 5) is 13.9. The van der Waals surface area contributed by atoms with E-state index in [0.29, 0.717) is 12.4 Å². The summed E-state index contributed by atoms with van der Waals surface area (Å²) in [6.45, 7) is 7.50. The third-order valence-electron chi connectivity index (χ3n) is 1.37. The van der Waals surface area contributed by atoms with Gasteiger partial charge in [-0.1, -0.05) is 6.08 Å². The molecule has 4 nitrogen and oxygen atoms in total. The van der Waals surface area contributed by atoms with Crippen LogP contribution in [0.15, 0.2) is 17.6 Å². The zero-order valence-corrected chi connectivity index (χ0v) is 7.72. The van der Waals surface area contributed by atoms with Gasteiger partial charge in [-0.05, 0) is 13.8 Å². The van der Waals surface area contributed by atoms with Crippen LogP contribution in [-0.2, 0) is 4.79 Å². The van der Waals surface area contributed by atoms with E-state index in [1.807, 2.05) is 13.8 Å². The molecule has 4 heteroatoms. The first kappa shape index (κ1) is 10.7. The predicted octanol–water partition coefficient (Wildman–Crippen LogP) is 0.272. The fourth-order valence-electron chi connectivity index (χ4n) is 0.569. The molecule has 0 heterocycles. The highest BCUT2D eigenvalue weighted by molar-refractivity contribution is 5.89. The quantitative estimate of drug-likeness (QED) is 0.276. The number of hydrogen-bond donors (Lipinski definition) is 2. The Morgan fingerprint density at radius 2 is 2.17 bits per heavy atom. The molecule has 0 aliphatic heterocycles. The van der Waals surface area contributed by atoms with Gasteiger partial charge in [0.25, 0.3) is 0 Å². The van der Waals surface area contributed by atoms with E-state index in [-0.39, 0.29) is 5.54 Å². The second-order valence-electron chi connectivity index (χ2n) is 2.89. The Bertz CT molecular complexity index is 196. The SMILES string of the molecule is C=CC(C)(C)NC(=NC)NC=O. The van der Waals surface area contributed by atoms with Gasteiger partial charge in [-0.15, -0.1) is 6.58 Å². The molecule has 0 unspecified atom stereocenters. The lowest BCUT2D eigenvalue weighted by atomic mass is 10.1. The second kappa shape index (κ2) is 4.54. The summed E-state index contributed by atoms with van der Waals surface area (Å²) in [5, 5.41) is 5.42. The molecule has 12 heavy (non-hydrogen) atoms. The van der Waals surface area contributed by atoms with Crippen LogP contribution in [0.25, 0.3) is 0 Å². The van der Waals surface area contributed by atoms with Gasteiger partial charge in [0.15, 0.2) is 5.96 Å². The van der Waals surface area contributed by atoms with Gasteiger partial charge in [0.1, 0.15) is 0 Å². The molecule has 0 aromatic heterocycles. The van der Waals surface area contributed by atoms with Crippen LogP contribution >= 0.6 is 0 Å². The fraction of sp³-hybridized carbons (Fsp3) is 0.500. The largest absolute Gasteiger partial charge is 0.348 e. The number of guanidine groups is 1. The van der Waals surface area contributed by atoms with E-state index < -0.39 is 0 Å². The third kappa shape index (κ3) is 3.75. The number of hydrogen-bond acceptors (Lipinski definition) is 2. The highest BCUT2D eigenvalue weighted by atomic mass is 16.1. The van der Waals surface area contributed by atoms with Crippen LogP contribution in [0.2, 0.25) is 0 Å². The van der Waals surface area contributed by atoms with E-state index >= 15 is 0 Å². The normalized spacial score (nSPS) is 12.1. The van der Waals surface area contributed by atoms with E-state index in [1.165, 1.54) is 0 Å². The number of rotatable bonds is 3. The standard InChI is InChI=1S/C8H15N3O/c1-5-8(2,3)11-7(9-4)10-6-12/h5-6H,1H2,2-4H3,(H2,9,10,11,12). The Labute approximate surface area is 72.8 Å². The minimum absolute atomic E-state index is 0.273. The van der Waals surface area contributed by atoms with Crippen LogP contribution in [0.3, 0.4) is 0 Å². The molecule has 0 rings (SSSR count). The van der Waals surface area contributed by atoms with Gasteiger partial charge in [-0.25, -0.2) is 0 Å². The number of aliphatic imine (C=N–C) groups is 1. The summed E-state index contributed by atoms with van der Waals surface area (Å²) in [6.07, 6.45) is 2.32. The minimum atomic E-state index is -0.273. The molecular weight excluding hydrogens is 154 g/mol. The average molecular weight is 169 g/mol. The van der Waals surface area contributed by atoms with Gasteiger partial charge < -0.3 is 5.32 Å². The Hall–Kier alpha value is -1.32. The van der Waals surface area contributed by atoms with Crippen molar-refractivity contribution >= 4 is 12.4 Å². The molecule has 0 aromatic rings. The molecule has 0 radical (unpaired) electrons. The Kier molecular flexibility index (Phi) is 4.04. The Balaban J connectivity index is 4.20. The average Bonchev–Trinajstić information content (AvgIpc) is 2.03. The maximum atomic E-state index is 10.1. The number of carbonyl (C=O) groups excluding carboxylic acids is 1. The fourth-order valence-corrected chi connectivity index (χ4v) is 0.569. The van der Waals surface area contributed by atoms with Gasteiger partial charge >= 0.3 is 0 Å². The number of amides is 1. The first-order valence-electron chi connectivity index (χ1n) is 3.64. The van der Waals surface area contributed by atoms with Crippen molar-refractivity contribution in [1.29, 1.82) is 0 Å². The molecule has 2 N–H and O–H groups in total. The van der Waals surface area contributed by atoms with Crippen LogP contribution in [0.1, 0.15) is 13.8 Å². The molecule has 0 aromatic carbocycles. The molecule has 0 atom stereocenters. The Morgan fingerprint density at radius 1 is 1.58 bits per heavy atom. The molecule has 0 saturated carbocycles. The highest BCUT2D eigenvalue weighted by Crippen LogP contribution is 2.01. The topological polar surface area (TPSA) is 53.5 Å². The summed E-state index contributed by atoms with van der Waals surface area (Å²) in [5.41, 5.74) is -0.273. The molecule has 0 aliphatic carbocycles. The lowest BCUT2D eigenvalue weighted by Crippen LogP contribution is -2.47. The summed E-state index contributed by atoms with van der Waals surface area (Å²) in [5.74, 6) is 0.440. The smallest absolute Gasteiger partial charge is 0.213 e. The van der Waals surface area contributed by atoms with Crippen molar-refractivity contribution in [2.24, 2.45) is 4.99 Å². The van der Waals surface area contributed by atoms with E-state index in [4.69, 9.17) is 0 Å². The van der Waals surface area contributed by atoms with Crippen molar-refractivity contribution in [3.63, 3.8) is 0 Å². The zero-order chi connectivity index (χ0) is 9.61. The van der Waals surface area contributed by atoms with Crippen molar-refractivity contribution in [2.45, 2.75) is 19.4 Å². The third-order valence-corrected chi connectivity index (χ3v) is 1.37. The molecule has 0 saturated heterocycles. The van der Waals surface area contributed by atoms with Gasteiger partial charge in [-0.3, -0.25) is 15.1 Å². The van der Waals surface area contributed by atoms with Crippen molar-refractivity contribution in [3.05, 3.63) is 12.7 Å². The molecular formula is C8H15N3O. The maximum Gasteiger partial charge on any atom is 0.213 e. The summed E-state index contributed by atoms with van der Waals surface area (Å²) in [6, 6.07) is 0. The highest BCUT2D eigenvalue weighted by Gasteiger charge is 2.13. The van der Waals surface area contributed by atoms with E-state index in [2.05, 4.69) is 22.2 Å². The van der Waals surface area contributed by atoms with Crippen molar-refractivity contribution in [3.8, 4) is 0 Å². The summed E-state index contributed by atoms with van der Waals surface area (Å²) < 4.78 is 0. The number of nitrogens with one attached hydrogen (secondary N) is 2. The van der Waals surface area contributed by atoms with Crippen LogP contribution in [0, 0.1) is 0 Å². The van der Waals surface area contributed by atoms with E-state index in [0.717, 1.165) is 0 Å². The van der Waals surface area contributed by atoms with Crippen molar-refractivity contribution in [2.75, 3.05) is 7.05 Å². The summed E-state index contributed by atoms with van der Waals surface area (Å²) in [7, 11) is 1.60. The lowest BCUT2D eigenvalue weighted by molar-refractivity contribution is -0.108. The molecule has 0 spiro atoms. The molecule has 0 aliphatic rings. The first-order chi connectivity index (χ1) is 5.55. The monoisotopic (exact) mass is 169 g/mol. The van der Waals surface area contributed by atoms with Crippen molar-refractivity contribution < 1.29 is 4.79 Å². The second-order valence-corrected chi connectivity index (χ2v) is 2.89. The van der Waals surface area contributed by atoms with Gasteiger partial charge in [0, 0.05) is 7.05 Å². The number of carbonyl (C=O) groups is 1. The summed E-state index contributed by atoms with van der Waals surface area (Å²) >= 11 is 0. The van der Waals surface area contributed by atoms with Gasteiger partial charge in [0.05, 0.1) is 5.54 Å². The molecule has 0 bridgehead atoms. The van der Waals surface area contributed by atoms with Crippen molar-refractivity contribution in [1.82, 2.24) is 10.6 Å². The van der Waals surface area contributed by atoms with E-state index in [9.17, 15) is 4.79 Å². The molecule has 1 amide bonds. The van der Waals surface area contributed by atoms with Gasteiger partial charge in [-0.2, -0.15) is 0 Å². The Morgan fingerprint density at radius 3 is 2.50 bits per heavy atom. The number of nitrogens with zero attached hydrogens (tertiary/aromatic N) is 1. The first-order valence-corrected chi connectivity index (χ1v) is 3.64. The van der Waals surface area contributed by atoms with Crippen LogP contribution < -0.4 is 10.6 Å². The van der Waals surface area contributed by atoms with Crippen LogP contribution in [0.5, 0.6) is 0 Å². The van der Waals surface area contributed by atoms with E-state index in [1.54, 1.807) is 13.1 Å². The van der Waals surface area contributed by atoms with Crippen LogP contribution in [-0.4, -0.2) is 25.0 Å². The maximum absolute atomic E-state index is 10.1.